The molecule has 0 aliphatic heterocycles. The lowest BCUT2D eigenvalue weighted by Crippen LogP contribution is -2.13. The first-order chi connectivity index (χ1) is 9.69. The molecule has 2 aromatic rings. The molecule has 20 heavy (non-hydrogen) atoms. The van der Waals surface area contributed by atoms with Crippen LogP contribution in [-0.4, -0.2) is 21.3 Å². The molecule has 0 atom stereocenters. The largest absolute Gasteiger partial charge is 0.484 e. The Bertz CT molecular complexity index is 521. The monoisotopic (exact) mass is 294 g/mol. The molecule has 0 unspecified atom stereocenters. The zero-order chi connectivity index (χ0) is 14.4. The number of nitrogens with zero attached hydrogens (tertiary/aromatic N) is 3. The highest BCUT2D eigenvalue weighted by molar-refractivity contribution is 7.09. The fourth-order valence-corrected chi connectivity index (χ4v) is 2.45. The van der Waals surface area contributed by atoms with Gasteiger partial charge in [0.2, 0.25) is 0 Å². The first kappa shape index (κ1) is 15.0. The van der Waals surface area contributed by atoms with Crippen molar-refractivity contribution < 1.29 is 4.74 Å². The van der Waals surface area contributed by atoms with Crippen LogP contribution in [0.25, 0.3) is 0 Å². The molecule has 2 aromatic heterocycles. The maximum absolute atomic E-state index is 5.70. The number of hydrogen-bond acceptors (Lipinski definition) is 5. The summed E-state index contributed by atoms with van der Waals surface area (Å²) < 4.78 is 7.59. The van der Waals surface area contributed by atoms with Gasteiger partial charge in [-0.25, -0.2) is 4.98 Å². The number of nitrogens with one attached hydrogen (secondary N) is 1. The maximum atomic E-state index is 5.70. The summed E-state index contributed by atoms with van der Waals surface area (Å²) in [5.41, 5.74) is 0.973. The lowest BCUT2D eigenvalue weighted by atomic mass is 10.4. The van der Waals surface area contributed by atoms with Crippen molar-refractivity contribution >= 4 is 11.3 Å². The predicted molar refractivity (Wildman–Crippen MR) is 81.1 cm³/mol. The molecule has 0 aliphatic carbocycles. The fraction of sp³-hybridized carbons (Fsp3) is 0.571. The van der Waals surface area contributed by atoms with Crippen molar-refractivity contribution in [2.75, 3.05) is 6.54 Å². The van der Waals surface area contributed by atoms with E-state index in [-0.39, 0.29) is 0 Å². The Kier molecular flexibility index (Phi) is 5.55. The van der Waals surface area contributed by atoms with Crippen LogP contribution in [0.3, 0.4) is 0 Å². The molecule has 0 aliphatic rings. The third kappa shape index (κ3) is 4.31. The van der Waals surface area contributed by atoms with Gasteiger partial charge in [0, 0.05) is 18.0 Å². The second-order valence-corrected chi connectivity index (χ2v) is 5.89. The van der Waals surface area contributed by atoms with Gasteiger partial charge in [-0.3, -0.25) is 4.68 Å². The normalized spacial score (nSPS) is 11.2. The minimum atomic E-state index is 0.350. The standard InChI is InChI=1S/C14H22N4OS/c1-4-5-15-7-14-17-12(10-20-14)9-19-13-6-16-18(8-13)11(2)3/h6,8,10-11,15H,4-5,7,9H2,1-3H3. The zero-order valence-electron chi connectivity index (χ0n) is 12.3. The van der Waals surface area contributed by atoms with Gasteiger partial charge in [0.25, 0.3) is 0 Å². The smallest absolute Gasteiger partial charge is 0.157 e. The van der Waals surface area contributed by atoms with E-state index in [4.69, 9.17) is 4.74 Å². The van der Waals surface area contributed by atoms with Crippen LogP contribution in [0.4, 0.5) is 0 Å². The van der Waals surface area contributed by atoms with Crippen molar-refractivity contribution in [3.05, 3.63) is 28.5 Å². The summed E-state index contributed by atoms with van der Waals surface area (Å²) >= 11 is 1.67. The van der Waals surface area contributed by atoms with Crippen LogP contribution in [-0.2, 0) is 13.2 Å². The van der Waals surface area contributed by atoms with Crippen molar-refractivity contribution in [3.63, 3.8) is 0 Å². The van der Waals surface area contributed by atoms with Crippen molar-refractivity contribution in [3.8, 4) is 5.75 Å². The molecular formula is C14H22N4OS. The highest BCUT2D eigenvalue weighted by Gasteiger charge is 2.05. The maximum Gasteiger partial charge on any atom is 0.157 e. The molecule has 0 saturated carbocycles. The third-order valence-electron chi connectivity index (χ3n) is 2.80. The Morgan fingerprint density at radius 2 is 2.30 bits per heavy atom. The fourth-order valence-electron chi connectivity index (χ4n) is 1.70. The highest BCUT2D eigenvalue weighted by atomic mass is 32.1. The van der Waals surface area contributed by atoms with Crippen LogP contribution < -0.4 is 10.1 Å². The lowest BCUT2D eigenvalue weighted by molar-refractivity contribution is 0.301. The average Bonchev–Trinajstić information content (AvgIpc) is 3.05. The summed E-state index contributed by atoms with van der Waals surface area (Å²) in [5.74, 6) is 0.789. The molecular weight excluding hydrogens is 272 g/mol. The quantitative estimate of drug-likeness (QED) is 0.760. The highest BCUT2D eigenvalue weighted by Crippen LogP contribution is 2.15. The molecule has 5 nitrogen and oxygen atoms in total. The Morgan fingerprint density at radius 1 is 1.45 bits per heavy atom. The Balaban J connectivity index is 1.81. The molecule has 0 fully saturated rings. The topological polar surface area (TPSA) is 52.0 Å². The predicted octanol–water partition coefficient (Wildman–Crippen LogP) is 3.00. The molecule has 0 amide bonds. The molecule has 0 spiro atoms. The molecule has 0 radical (unpaired) electrons. The number of rotatable bonds is 8. The summed E-state index contributed by atoms with van der Waals surface area (Å²) in [6, 6.07) is 0.350. The van der Waals surface area contributed by atoms with E-state index in [0.717, 1.165) is 36.0 Å². The molecule has 0 bridgehead atoms. The minimum Gasteiger partial charge on any atom is -0.484 e. The van der Waals surface area contributed by atoms with Gasteiger partial charge in [-0.15, -0.1) is 11.3 Å². The van der Waals surface area contributed by atoms with Gasteiger partial charge in [0.1, 0.15) is 11.6 Å². The Labute approximate surface area is 124 Å². The van der Waals surface area contributed by atoms with E-state index in [9.17, 15) is 0 Å². The van der Waals surface area contributed by atoms with Crippen LogP contribution in [0.15, 0.2) is 17.8 Å². The van der Waals surface area contributed by atoms with Gasteiger partial charge in [-0.2, -0.15) is 5.10 Å². The van der Waals surface area contributed by atoms with E-state index in [1.54, 1.807) is 17.5 Å². The van der Waals surface area contributed by atoms with Crippen molar-refractivity contribution in [2.45, 2.75) is 46.4 Å². The minimum absolute atomic E-state index is 0.350. The summed E-state index contributed by atoms with van der Waals surface area (Å²) in [5, 5.41) is 10.8. The summed E-state index contributed by atoms with van der Waals surface area (Å²) in [4.78, 5) is 4.54. The molecule has 2 rings (SSSR count). The van der Waals surface area contributed by atoms with Gasteiger partial charge in [0.15, 0.2) is 5.75 Å². The van der Waals surface area contributed by atoms with Crippen LogP contribution in [0.5, 0.6) is 5.75 Å². The summed E-state index contributed by atoms with van der Waals surface area (Å²) in [6.07, 6.45) is 4.80. The molecule has 2 heterocycles. The molecule has 110 valence electrons. The van der Waals surface area contributed by atoms with E-state index in [1.165, 1.54) is 0 Å². The number of aromatic nitrogens is 3. The van der Waals surface area contributed by atoms with E-state index in [1.807, 2.05) is 10.9 Å². The number of ether oxygens (including phenoxy) is 1. The molecule has 6 heteroatoms. The van der Waals surface area contributed by atoms with Crippen LogP contribution in [0.1, 0.15) is 43.9 Å². The van der Waals surface area contributed by atoms with Crippen LogP contribution in [0, 0.1) is 0 Å². The van der Waals surface area contributed by atoms with E-state index in [0.29, 0.717) is 12.6 Å². The third-order valence-corrected chi connectivity index (χ3v) is 3.69. The van der Waals surface area contributed by atoms with Crippen molar-refractivity contribution in [1.82, 2.24) is 20.1 Å². The van der Waals surface area contributed by atoms with E-state index >= 15 is 0 Å². The van der Waals surface area contributed by atoms with Crippen molar-refractivity contribution in [2.24, 2.45) is 0 Å². The summed E-state index contributed by atoms with van der Waals surface area (Å²) in [6.45, 7) is 8.70. The number of hydrogen-bond donors (Lipinski definition) is 1. The summed E-state index contributed by atoms with van der Waals surface area (Å²) in [7, 11) is 0. The first-order valence-electron chi connectivity index (χ1n) is 7.00. The Hall–Kier alpha value is -1.40. The first-order valence-corrected chi connectivity index (χ1v) is 7.88. The zero-order valence-corrected chi connectivity index (χ0v) is 13.1. The second-order valence-electron chi connectivity index (χ2n) is 4.95. The lowest BCUT2D eigenvalue weighted by Gasteiger charge is -2.03. The molecule has 0 aromatic carbocycles. The van der Waals surface area contributed by atoms with Gasteiger partial charge < -0.3 is 10.1 Å². The van der Waals surface area contributed by atoms with Crippen LogP contribution >= 0.6 is 11.3 Å². The SMILES string of the molecule is CCCNCc1nc(COc2cnn(C(C)C)c2)cs1. The number of thiazole rings is 1. The van der Waals surface area contributed by atoms with E-state index in [2.05, 4.69) is 41.6 Å². The molecule has 0 saturated heterocycles. The molecule has 1 N–H and O–H groups in total. The van der Waals surface area contributed by atoms with Gasteiger partial charge >= 0.3 is 0 Å². The second kappa shape index (κ2) is 7.40. The van der Waals surface area contributed by atoms with E-state index < -0.39 is 0 Å². The van der Waals surface area contributed by atoms with Crippen molar-refractivity contribution in [1.29, 1.82) is 0 Å². The van der Waals surface area contributed by atoms with Gasteiger partial charge in [-0.05, 0) is 26.8 Å². The average molecular weight is 294 g/mol. The Morgan fingerprint density at radius 3 is 3.00 bits per heavy atom. The van der Waals surface area contributed by atoms with Gasteiger partial charge in [-0.1, -0.05) is 6.92 Å². The van der Waals surface area contributed by atoms with Crippen LogP contribution in [0.2, 0.25) is 0 Å². The van der Waals surface area contributed by atoms with Gasteiger partial charge in [0.05, 0.1) is 18.1 Å².